The van der Waals surface area contributed by atoms with E-state index >= 15 is 0 Å². The standard InChI is InChI=1S/C16H19N5O/c1-3-14-8-5-9-21(14)16(22)18-13-7-4-6-12(10-13)15-17-11(2)19-20-15/h4-8,10,14H,3,9H2,1-2H3,(H,18,22)(H,17,19,20). The summed E-state index contributed by atoms with van der Waals surface area (Å²) in [4.78, 5) is 18.5. The van der Waals surface area contributed by atoms with E-state index in [1.165, 1.54) is 0 Å². The van der Waals surface area contributed by atoms with E-state index in [1.54, 1.807) is 0 Å². The lowest BCUT2D eigenvalue weighted by Gasteiger charge is -2.23. The first-order chi connectivity index (χ1) is 10.7. The minimum Gasteiger partial charge on any atom is -0.314 e. The Morgan fingerprint density at radius 3 is 3.09 bits per heavy atom. The second-order valence-corrected chi connectivity index (χ2v) is 5.31. The van der Waals surface area contributed by atoms with Crippen molar-refractivity contribution in [1.29, 1.82) is 0 Å². The third-order valence-corrected chi connectivity index (χ3v) is 3.71. The first kappa shape index (κ1) is 14.3. The third kappa shape index (κ3) is 2.86. The normalized spacial score (nSPS) is 17.0. The van der Waals surface area contributed by atoms with Gasteiger partial charge in [0, 0.05) is 17.8 Å². The molecule has 3 rings (SSSR count). The number of carbonyl (C=O) groups excluding carboxylic acids is 1. The Bertz CT molecular complexity index is 706. The summed E-state index contributed by atoms with van der Waals surface area (Å²) < 4.78 is 0. The average Bonchev–Trinajstić information content (AvgIpc) is 3.16. The largest absolute Gasteiger partial charge is 0.322 e. The van der Waals surface area contributed by atoms with Crippen LogP contribution < -0.4 is 5.32 Å². The number of nitrogens with zero attached hydrogens (tertiary/aromatic N) is 3. The molecule has 6 nitrogen and oxygen atoms in total. The van der Waals surface area contributed by atoms with E-state index in [4.69, 9.17) is 0 Å². The van der Waals surface area contributed by atoms with Gasteiger partial charge in [-0.05, 0) is 25.5 Å². The SMILES string of the molecule is CCC1C=CCN1C(=O)Nc1cccc(-c2n[nH]c(C)n2)c1. The van der Waals surface area contributed by atoms with Crippen LogP contribution in [0.5, 0.6) is 0 Å². The summed E-state index contributed by atoms with van der Waals surface area (Å²) in [7, 11) is 0. The molecule has 1 aliphatic rings. The summed E-state index contributed by atoms with van der Waals surface area (Å²) in [6, 6.07) is 7.65. The van der Waals surface area contributed by atoms with Crippen LogP contribution in [0.1, 0.15) is 19.2 Å². The van der Waals surface area contributed by atoms with Gasteiger partial charge in [0.25, 0.3) is 0 Å². The van der Waals surface area contributed by atoms with Crippen LogP contribution in [0.4, 0.5) is 10.5 Å². The number of aromatic amines is 1. The maximum atomic E-state index is 12.4. The molecule has 0 radical (unpaired) electrons. The highest BCUT2D eigenvalue weighted by Crippen LogP contribution is 2.21. The second-order valence-electron chi connectivity index (χ2n) is 5.31. The van der Waals surface area contributed by atoms with Gasteiger partial charge in [0.1, 0.15) is 5.82 Å². The molecule has 6 heteroatoms. The molecule has 1 aromatic heterocycles. The number of carbonyl (C=O) groups is 1. The molecule has 2 amide bonds. The van der Waals surface area contributed by atoms with Gasteiger partial charge >= 0.3 is 6.03 Å². The van der Waals surface area contributed by atoms with Gasteiger partial charge in [-0.25, -0.2) is 9.78 Å². The predicted molar refractivity (Wildman–Crippen MR) is 85.5 cm³/mol. The number of hydrogen-bond acceptors (Lipinski definition) is 3. The lowest BCUT2D eigenvalue weighted by atomic mass is 10.2. The number of urea groups is 1. The monoisotopic (exact) mass is 297 g/mol. The first-order valence-electron chi connectivity index (χ1n) is 7.41. The van der Waals surface area contributed by atoms with Gasteiger partial charge in [0.15, 0.2) is 5.82 Å². The molecule has 0 saturated carbocycles. The number of nitrogens with one attached hydrogen (secondary N) is 2. The maximum Gasteiger partial charge on any atom is 0.322 e. The van der Waals surface area contributed by atoms with Crippen molar-refractivity contribution in [2.45, 2.75) is 26.3 Å². The summed E-state index contributed by atoms with van der Waals surface area (Å²) in [5, 5.41) is 9.91. The summed E-state index contributed by atoms with van der Waals surface area (Å²) in [6.45, 7) is 4.59. The van der Waals surface area contributed by atoms with E-state index in [1.807, 2.05) is 42.2 Å². The van der Waals surface area contributed by atoms with Crippen LogP contribution in [-0.4, -0.2) is 38.7 Å². The molecular weight excluding hydrogens is 278 g/mol. The smallest absolute Gasteiger partial charge is 0.314 e. The Morgan fingerprint density at radius 2 is 2.36 bits per heavy atom. The summed E-state index contributed by atoms with van der Waals surface area (Å²) in [5.74, 6) is 1.39. The van der Waals surface area contributed by atoms with Gasteiger partial charge in [-0.2, -0.15) is 5.10 Å². The lowest BCUT2D eigenvalue weighted by molar-refractivity contribution is 0.209. The number of aromatic nitrogens is 3. The van der Waals surface area contributed by atoms with Gasteiger partial charge in [0.05, 0.1) is 6.04 Å². The van der Waals surface area contributed by atoms with Crippen molar-refractivity contribution in [2.24, 2.45) is 0 Å². The lowest BCUT2D eigenvalue weighted by Crippen LogP contribution is -2.38. The number of rotatable bonds is 3. The summed E-state index contributed by atoms with van der Waals surface area (Å²) in [6.07, 6.45) is 5.02. The number of hydrogen-bond donors (Lipinski definition) is 2. The molecule has 2 heterocycles. The van der Waals surface area contributed by atoms with Gasteiger partial charge in [-0.1, -0.05) is 31.2 Å². The Hall–Kier alpha value is -2.63. The third-order valence-electron chi connectivity index (χ3n) is 3.71. The first-order valence-corrected chi connectivity index (χ1v) is 7.41. The van der Waals surface area contributed by atoms with Crippen molar-refractivity contribution in [3.05, 3.63) is 42.2 Å². The van der Waals surface area contributed by atoms with Crippen LogP contribution in [0.2, 0.25) is 0 Å². The van der Waals surface area contributed by atoms with Crippen molar-refractivity contribution < 1.29 is 4.79 Å². The molecule has 1 aliphatic heterocycles. The number of benzene rings is 1. The minimum atomic E-state index is -0.0832. The highest BCUT2D eigenvalue weighted by atomic mass is 16.2. The number of H-pyrrole nitrogens is 1. The van der Waals surface area contributed by atoms with E-state index in [2.05, 4.69) is 33.5 Å². The quantitative estimate of drug-likeness (QED) is 0.855. The molecule has 0 spiro atoms. The summed E-state index contributed by atoms with van der Waals surface area (Å²) >= 11 is 0. The molecule has 2 N–H and O–H groups in total. The van der Waals surface area contributed by atoms with E-state index < -0.39 is 0 Å². The van der Waals surface area contributed by atoms with Crippen molar-refractivity contribution in [3.8, 4) is 11.4 Å². The van der Waals surface area contributed by atoms with E-state index in [0.29, 0.717) is 12.4 Å². The van der Waals surface area contributed by atoms with Crippen molar-refractivity contribution in [2.75, 3.05) is 11.9 Å². The van der Waals surface area contributed by atoms with E-state index in [-0.39, 0.29) is 12.1 Å². The van der Waals surface area contributed by atoms with Crippen molar-refractivity contribution in [1.82, 2.24) is 20.1 Å². The zero-order chi connectivity index (χ0) is 15.5. The Balaban J connectivity index is 1.74. The molecule has 0 saturated heterocycles. The Kier molecular flexibility index (Phi) is 3.91. The topological polar surface area (TPSA) is 73.9 Å². The van der Waals surface area contributed by atoms with E-state index in [9.17, 15) is 4.79 Å². The van der Waals surface area contributed by atoms with Crippen LogP contribution in [0, 0.1) is 6.92 Å². The molecular formula is C16H19N5O. The molecule has 1 atom stereocenters. The van der Waals surface area contributed by atoms with Crippen LogP contribution >= 0.6 is 0 Å². The van der Waals surface area contributed by atoms with Gasteiger partial charge < -0.3 is 10.2 Å². The Labute approximate surface area is 129 Å². The second kappa shape index (κ2) is 6.01. The van der Waals surface area contributed by atoms with Crippen molar-refractivity contribution in [3.63, 3.8) is 0 Å². The highest BCUT2D eigenvalue weighted by molar-refractivity contribution is 5.90. The van der Waals surface area contributed by atoms with E-state index in [0.717, 1.165) is 23.5 Å². The zero-order valence-electron chi connectivity index (χ0n) is 12.7. The number of amides is 2. The van der Waals surface area contributed by atoms with Crippen LogP contribution in [0.15, 0.2) is 36.4 Å². The van der Waals surface area contributed by atoms with Gasteiger partial charge in [0.2, 0.25) is 0 Å². The van der Waals surface area contributed by atoms with Gasteiger partial charge in [-0.3, -0.25) is 5.10 Å². The minimum absolute atomic E-state index is 0.0832. The molecule has 0 fully saturated rings. The number of anilines is 1. The average molecular weight is 297 g/mol. The summed E-state index contributed by atoms with van der Waals surface area (Å²) in [5.41, 5.74) is 1.61. The molecule has 114 valence electrons. The molecule has 1 unspecified atom stereocenters. The fourth-order valence-electron chi connectivity index (χ4n) is 2.56. The molecule has 2 aromatic rings. The Morgan fingerprint density at radius 1 is 1.50 bits per heavy atom. The highest BCUT2D eigenvalue weighted by Gasteiger charge is 2.23. The maximum absolute atomic E-state index is 12.4. The molecule has 22 heavy (non-hydrogen) atoms. The fraction of sp³-hybridized carbons (Fsp3) is 0.312. The van der Waals surface area contributed by atoms with Gasteiger partial charge in [-0.15, -0.1) is 0 Å². The molecule has 0 aliphatic carbocycles. The van der Waals surface area contributed by atoms with Crippen molar-refractivity contribution >= 4 is 11.7 Å². The van der Waals surface area contributed by atoms with Crippen LogP contribution in [0.3, 0.4) is 0 Å². The zero-order valence-corrected chi connectivity index (χ0v) is 12.7. The molecule has 0 bridgehead atoms. The predicted octanol–water partition coefficient (Wildman–Crippen LogP) is 2.96. The number of aryl methyl sites for hydroxylation is 1. The van der Waals surface area contributed by atoms with Crippen LogP contribution in [0.25, 0.3) is 11.4 Å². The molecule has 1 aromatic carbocycles. The fourth-order valence-corrected chi connectivity index (χ4v) is 2.56. The van der Waals surface area contributed by atoms with Crippen LogP contribution in [-0.2, 0) is 0 Å².